The van der Waals surface area contributed by atoms with Gasteiger partial charge in [-0.1, -0.05) is 0 Å². The van der Waals surface area contributed by atoms with Gasteiger partial charge >= 0.3 is 6.09 Å². The molecule has 6 heteroatoms. The second-order valence-corrected chi connectivity index (χ2v) is 7.03. The molecule has 0 atom stereocenters. The smallest absolute Gasteiger partial charge is 0.410 e. The Kier molecular flexibility index (Phi) is 4.98. The molecular weight excluding hydrogens is 260 g/mol. The van der Waals surface area contributed by atoms with Crippen LogP contribution in [0.3, 0.4) is 0 Å². The molecule has 0 aliphatic carbocycles. The van der Waals surface area contributed by atoms with Crippen molar-refractivity contribution in [2.24, 2.45) is 0 Å². The number of thioether (sulfide) groups is 1. The third-order valence-electron chi connectivity index (χ3n) is 2.63. The Bertz CT molecular complexity index is 273. The molecule has 2 saturated heterocycles. The highest BCUT2D eigenvalue weighted by Crippen LogP contribution is 2.28. The molecule has 0 saturated carbocycles. The number of carbonyl (C=O) groups excluding carboxylic acids is 1. The molecule has 100 valence electrons. The van der Waals surface area contributed by atoms with Gasteiger partial charge < -0.3 is 15.0 Å². The van der Waals surface area contributed by atoms with Crippen molar-refractivity contribution in [2.45, 2.75) is 36.9 Å². The normalized spacial score (nSPS) is 21.2. The first kappa shape index (κ1) is 14.9. The van der Waals surface area contributed by atoms with Crippen LogP contribution in [0, 0.1) is 0 Å². The van der Waals surface area contributed by atoms with E-state index >= 15 is 0 Å². The summed E-state index contributed by atoms with van der Waals surface area (Å²) in [6.07, 6.45) is -0.170. The van der Waals surface area contributed by atoms with Crippen molar-refractivity contribution in [3.05, 3.63) is 0 Å². The fourth-order valence-corrected chi connectivity index (χ4v) is 3.13. The van der Waals surface area contributed by atoms with Crippen molar-refractivity contribution in [3.63, 3.8) is 0 Å². The topological polar surface area (TPSA) is 41.6 Å². The zero-order valence-corrected chi connectivity index (χ0v) is 12.2. The lowest BCUT2D eigenvalue weighted by molar-refractivity contribution is 0.0143. The van der Waals surface area contributed by atoms with Gasteiger partial charge in [0.05, 0.1) is 0 Å². The number of hydrogen-bond acceptors (Lipinski definition) is 4. The predicted octanol–water partition coefficient (Wildman–Crippen LogP) is 1.73. The maximum Gasteiger partial charge on any atom is 0.410 e. The summed E-state index contributed by atoms with van der Waals surface area (Å²) in [5, 5.41) is 4.62. The fraction of sp³-hybridized carbons (Fsp3) is 0.909. The van der Waals surface area contributed by atoms with E-state index in [9.17, 15) is 4.79 Å². The van der Waals surface area contributed by atoms with Crippen molar-refractivity contribution in [1.82, 2.24) is 10.2 Å². The van der Waals surface area contributed by atoms with E-state index in [1.54, 1.807) is 4.90 Å². The van der Waals surface area contributed by atoms with Crippen LogP contribution in [-0.2, 0) is 4.74 Å². The highest BCUT2D eigenvalue weighted by Gasteiger charge is 2.36. The number of ether oxygens (including phenoxy) is 1. The molecule has 0 aromatic rings. The van der Waals surface area contributed by atoms with Crippen LogP contribution in [0.2, 0.25) is 0 Å². The first-order valence-electron chi connectivity index (χ1n) is 5.78. The summed E-state index contributed by atoms with van der Waals surface area (Å²) in [4.78, 5) is 13.4. The Morgan fingerprint density at radius 3 is 2.29 bits per heavy atom. The fourth-order valence-electron chi connectivity index (χ4n) is 1.63. The number of amides is 1. The Balaban J connectivity index is 0.00000144. The Morgan fingerprint density at radius 1 is 1.29 bits per heavy atom. The van der Waals surface area contributed by atoms with E-state index in [4.69, 9.17) is 4.74 Å². The molecule has 2 fully saturated rings. The number of likely N-dealkylation sites (tertiary alicyclic amines) is 1. The Hall–Kier alpha value is -0.130. The van der Waals surface area contributed by atoms with E-state index in [-0.39, 0.29) is 24.1 Å². The Labute approximate surface area is 113 Å². The summed E-state index contributed by atoms with van der Waals surface area (Å²) in [6.45, 7) is 9.62. The molecule has 2 rings (SSSR count). The summed E-state index contributed by atoms with van der Waals surface area (Å²) < 4.78 is 5.30. The number of rotatable bonds is 2. The van der Waals surface area contributed by atoms with Crippen molar-refractivity contribution < 1.29 is 9.53 Å². The first-order valence-corrected chi connectivity index (χ1v) is 6.72. The molecule has 1 N–H and O–H groups in total. The van der Waals surface area contributed by atoms with Crippen LogP contribution in [0.4, 0.5) is 4.79 Å². The van der Waals surface area contributed by atoms with E-state index in [1.807, 2.05) is 32.5 Å². The van der Waals surface area contributed by atoms with E-state index in [0.29, 0.717) is 5.25 Å². The van der Waals surface area contributed by atoms with Gasteiger partial charge in [-0.3, -0.25) is 0 Å². The van der Waals surface area contributed by atoms with Gasteiger partial charge in [-0.2, -0.15) is 0 Å². The third kappa shape index (κ3) is 4.23. The van der Waals surface area contributed by atoms with Crippen LogP contribution in [0.1, 0.15) is 20.8 Å². The van der Waals surface area contributed by atoms with Crippen LogP contribution in [0.15, 0.2) is 0 Å². The van der Waals surface area contributed by atoms with Gasteiger partial charge in [0.2, 0.25) is 0 Å². The minimum atomic E-state index is -0.382. The molecule has 0 radical (unpaired) electrons. The van der Waals surface area contributed by atoms with E-state index in [1.165, 1.54) is 0 Å². The van der Waals surface area contributed by atoms with Crippen molar-refractivity contribution in [1.29, 1.82) is 0 Å². The summed E-state index contributed by atoms with van der Waals surface area (Å²) in [5.41, 5.74) is -0.382. The molecule has 0 unspecified atom stereocenters. The van der Waals surface area contributed by atoms with Crippen LogP contribution in [0.5, 0.6) is 0 Å². The van der Waals surface area contributed by atoms with E-state index < -0.39 is 0 Å². The molecule has 1 amide bonds. The lowest BCUT2D eigenvalue weighted by atomic mass is 10.2. The van der Waals surface area contributed by atoms with Gasteiger partial charge in [-0.25, -0.2) is 4.79 Å². The highest BCUT2D eigenvalue weighted by molar-refractivity contribution is 8.00. The second-order valence-electron chi connectivity index (χ2n) is 5.42. The average molecular weight is 281 g/mol. The second kappa shape index (κ2) is 5.67. The van der Waals surface area contributed by atoms with E-state index in [0.717, 1.165) is 31.4 Å². The molecule has 4 nitrogen and oxygen atoms in total. The molecule has 2 aliphatic rings. The standard InChI is InChI=1S/C11H20N2O2S.ClH/c1-11(2,3)15-10(14)13-6-9(7-13)16-8-4-12-5-8;/h8-9,12H,4-7H2,1-3H3;1H. The highest BCUT2D eigenvalue weighted by atomic mass is 35.5. The molecule has 0 aromatic heterocycles. The summed E-state index contributed by atoms with van der Waals surface area (Å²) in [7, 11) is 0. The summed E-state index contributed by atoms with van der Waals surface area (Å²) in [5.74, 6) is 0. The maximum atomic E-state index is 11.6. The van der Waals surface area contributed by atoms with Crippen molar-refractivity contribution >= 4 is 30.3 Å². The zero-order chi connectivity index (χ0) is 11.8. The van der Waals surface area contributed by atoms with E-state index in [2.05, 4.69) is 5.32 Å². The number of hydrogen-bond donors (Lipinski definition) is 1. The minimum Gasteiger partial charge on any atom is -0.444 e. The van der Waals surface area contributed by atoms with Gasteiger partial charge in [0.25, 0.3) is 0 Å². The lowest BCUT2D eigenvalue weighted by Gasteiger charge is -2.42. The number of carbonyl (C=O) groups is 1. The molecule has 17 heavy (non-hydrogen) atoms. The number of nitrogens with one attached hydrogen (secondary N) is 1. The van der Waals surface area contributed by atoms with Crippen LogP contribution in [-0.4, -0.2) is 53.3 Å². The van der Waals surface area contributed by atoms with Crippen molar-refractivity contribution in [2.75, 3.05) is 26.2 Å². The van der Waals surface area contributed by atoms with Gasteiger partial charge in [0.15, 0.2) is 0 Å². The first-order chi connectivity index (χ1) is 7.44. The molecule has 2 aliphatic heterocycles. The molecule has 0 spiro atoms. The van der Waals surface area contributed by atoms with Crippen LogP contribution >= 0.6 is 24.2 Å². The average Bonchev–Trinajstić information content (AvgIpc) is 1.93. The zero-order valence-electron chi connectivity index (χ0n) is 10.6. The quantitative estimate of drug-likeness (QED) is 0.837. The Morgan fingerprint density at radius 2 is 1.88 bits per heavy atom. The molecule has 0 aromatic carbocycles. The van der Waals surface area contributed by atoms with Crippen LogP contribution < -0.4 is 5.32 Å². The molecule has 0 bridgehead atoms. The number of nitrogens with zero attached hydrogens (tertiary/aromatic N) is 1. The largest absolute Gasteiger partial charge is 0.444 e. The SMILES string of the molecule is CC(C)(C)OC(=O)N1CC(SC2CNC2)C1.Cl. The summed E-state index contributed by atoms with van der Waals surface area (Å²) in [6, 6.07) is 0. The van der Waals surface area contributed by atoms with Crippen molar-refractivity contribution in [3.8, 4) is 0 Å². The van der Waals surface area contributed by atoms with Crippen LogP contribution in [0.25, 0.3) is 0 Å². The minimum absolute atomic E-state index is 0. The lowest BCUT2D eigenvalue weighted by Crippen LogP contribution is -2.56. The van der Waals surface area contributed by atoms with Gasteiger partial charge in [-0.15, -0.1) is 24.2 Å². The molecule has 2 heterocycles. The van der Waals surface area contributed by atoms with Gasteiger partial charge in [0, 0.05) is 36.7 Å². The number of halogens is 1. The molecular formula is C11H21ClN2O2S. The van der Waals surface area contributed by atoms with Gasteiger partial charge in [-0.05, 0) is 20.8 Å². The predicted molar refractivity (Wildman–Crippen MR) is 73.1 cm³/mol. The summed E-state index contributed by atoms with van der Waals surface area (Å²) >= 11 is 2.00. The monoisotopic (exact) mass is 280 g/mol. The third-order valence-corrected chi connectivity index (χ3v) is 4.03. The maximum absolute atomic E-state index is 11.6. The van der Waals surface area contributed by atoms with Gasteiger partial charge in [0.1, 0.15) is 5.60 Å².